The molecule has 0 bridgehead atoms. The molecule has 18 heavy (non-hydrogen) atoms. The van der Waals surface area contributed by atoms with Crippen LogP contribution in [0.5, 0.6) is 0 Å². The maximum absolute atomic E-state index is 12.9. The molecule has 0 aromatic heterocycles. The molecule has 2 aliphatic carbocycles. The zero-order valence-electron chi connectivity index (χ0n) is 11.8. The molecule has 0 unspecified atom stereocenters. The van der Waals surface area contributed by atoms with Crippen molar-refractivity contribution in [2.45, 2.75) is 70.8 Å². The Morgan fingerprint density at radius 3 is 2.39 bits per heavy atom. The lowest BCUT2D eigenvalue weighted by molar-refractivity contribution is -0.146. The summed E-state index contributed by atoms with van der Waals surface area (Å²) in [6.07, 6.45) is 10.3. The minimum atomic E-state index is -0.0236. The number of hydrogen-bond donors (Lipinski definition) is 1. The minimum Gasteiger partial charge on any atom is -0.339 e. The van der Waals surface area contributed by atoms with E-state index < -0.39 is 0 Å². The summed E-state index contributed by atoms with van der Waals surface area (Å²) in [5.74, 6) is 0.445. The molecule has 0 heterocycles. The number of carbonyl (C=O) groups is 1. The van der Waals surface area contributed by atoms with E-state index in [0.29, 0.717) is 18.5 Å². The van der Waals surface area contributed by atoms with Gasteiger partial charge in [-0.25, -0.2) is 0 Å². The molecule has 0 aromatic carbocycles. The van der Waals surface area contributed by atoms with Crippen molar-refractivity contribution in [3.8, 4) is 0 Å². The van der Waals surface area contributed by atoms with E-state index in [1.54, 1.807) is 0 Å². The highest BCUT2D eigenvalue weighted by atomic mass is 16.2. The van der Waals surface area contributed by atoms with E-state index in [2.05, 4.69) is 11.8 Å². The van der Waals surface area contributed by atoms with Crippen LogP contribution in [-0.2, 0) is 4.79 Å². The van der Waals surface area contributed by atoms with Crippen LogP contribution in [0.1, 0.15) is 64.7 Å². The molecule has 0 aromatic rings. The highest BCUT2D eigenvalue weighted by Crippen LogP contribution is 2.43. The maximum atomic E-state index is 12.9. The average molecular weight is 252 g/mol. The fourth-order valence-corrected chi connectivity index (χ4v) is 3.49. The van der Waals surface area contributed by atoms with Gasteiger partial charge in [0.25, 0.3) is 0 Å². The Labute approximate surface area is 111 Å². The van der Waals surface area contributed by atoms with Gasteiger partial charge in [-0.2, -0.15) is 0 Å². The fourth-order valence-electron chi connectivity index (χ4n) is 3.49. The lowest BCUT2D eigenvalue weighted by Crippen LogP contribution is -2.51. The quantitative estimate of drug-likeness (QED) is 0.790. The van der Waals surface area contributed by atoms with Crippen molar-refractivity contribution in [2.24, 2.45) is 11.1 Å². The summed E-state index contributed by atoms with van der Waals surface area (Å²) in [7, 11) is 0. The third-order valence-corrected chi connectivity index (χ3v) is 5.07. The fraction of sp³-hybridized carbons (Fsp3) is 0.933. The first-order valence-corrected chi connectivity index (χ1v) is 7.74. The summed E-state index contributed by atoms with van der Waals surface area (Å²) in [5, 5.41) is 0. The van der Waals surface area contributed by atoms with E-state index in [9.17, 15) is 4.79 Å². The lowest BCUT2D eigenvalue weighted by atomic mass is 9.80. The molecule has 3 nitrogen and oxygen atoms in total. The zero-order chi connectivity index (χ0) is 13.0. The third kappa shape index (κ3) is 2.56. The Bertz CT molecular complexity index is 280. The molecule has 2 aliphatic rings. The molecular weight excluding hydrogens is 224 g/mol. The average Bonchev–Trinajstić information content (AvgIpc) is 2.81. The van der Waals surface area contributed by atoms with E-state index in [1.165, 1.54) is 32.1 Å². The first kappa shape index (κ1) is 13.9. The predicted molar refractivity (Wildman–Crippen MR) is 74.2 cm³/mol. The normalized spacial score (nSPS) is 22.8. The van der Waals surface area contributed by atoms with Crippen LogP contribution < -0.4 is 5.73 Å². The van der Waals surface area contributed by atoms with Crippen LogP contribution >= 0.6 is 0 Å². The van der Waals surface area contributed by atoms with Crippen molar-refractivity contribution in [3.63, 3.8) is 0 Å². The van der Waals surface area contributed by atoms with Crippen LogP contribution in [0.2, 0.25) is 0 Å². The summed E-state index contributed by atoms with van der Waals surface area (Å²) in [5.41, 5.74) is 5.59. The monoisotopic (exact) mass is 252 g/mol. The van der Waals surface area contributed by atoms with Crippen molar-refractivity contribution in [1.82, 2.24) is 4.90 Å². The number of amides is 1. The number of rotatable bonds is 6. The molecule has 2 fully saturated rings. The Balaban J connectivity index is 2.05. The van der Waals surface area contributed by atoms with Gasteiger partial charge in [0.15, 0.2) is 0 Å². The molecule has 0 saturated heterocycles. The SMILES string of the molecule is CCC1(C(=O)N(CCCN)C2CCC2)CCCC1. The van der Waals surface area contributed by atoms with Gasteiger partial charge in [0.05, 0.1) is 0 Å². The molecule has 1 amide bonds. The molecule has 104 valence electrons. The molecule has 3 heteroatoms. The minimum absolute atomic E-state index is 0.0236. The Hall–Kier alpha value is -0.570. The highest BCUT2D eigenvalue weighted by molar-refractivity contribution is 5.83. The number of nitrogens with two attached hydrogens (primary N) is 1. The molecule has 2 rings (SSSR count). The van der Waals surface area contributed by atoms with Crippen molar-refractivity contribution in [1.29, 1.82) is 0 Å². The Kier molecular flexibility index (Phi) is 4.66. The summed E-state index contributed by atoms with van der Waals surface area (Å²) < 4.78 is 0. The van der Waals surface area contributed by atoms with E-state index in [-0.39, 0.29) is 5.41 Å². The highest BCUT2D eigenvalue weighted by Gasteiger charge is 2.44. The van der Waals surface area contributed by atoms with Gasteiger partial charge in [0.1, 0.15) is 0 Å². The molecular formula is C15H28N2O. The van der Waals surface area contributed by atoms with Gasteiger partial charge in [0, 0.05) is 18.0 Å². The van der Waals surface area contributed by atoms with Gasteiger partial charge in [-0.1, -0.05) is 19.8 Å². The summed E-state index contributed by atoms with van der Waals surface area (Å²) in [4.78, 5) is 15.1. The molecule has 0 spiro atoms. The van der Waals surface area contributed by atoms with Gasteiger partial charge in [-0.05, 0) is 51.5 Å². The van der Waals surface area contributed by atoms with Crippen molar-refractivity contribution < 1.29 is 4.79 Å². The van der Waals surface area contributed by atoms with Crippen LogP contribution in [0.15, 0.2) is 0 Å². The van der Waals surface area contributed by atoms with Crippen LogP contribution in [0, 0.1) is 5.41 Å². The Morgan fingerprint density at radius 1 is 1.28 bits per heavy atom. The van der Waals surface area contributed by atoms with Crippen LogP contribution in [0.4, 0.5) is 0 Å². The van der Waals surface area contributed by atoms with E-state index in [4.69, 9.17) is 5.73 Å². The predicted octanol–water partition coefficient (Wildman–Crippen LogP) is 2.69. The lowest BCUT2D eigenvalue weighted by Gasteiger charge is -2.42. The van der Waals surface area contributed by atoms with Gasteiger partial charge < -0.3 is 10.6 Å². The molecule has 2 N–H and O–H groups in total. The van der Waals surface area contributed by atoms with Crippen molar-refractivity contribution in [2.75, 3.05) is 13.1 Å². The maximum Gasteiger partial charge on any atom is 0.229 e. The summed E-state index contributed by atoms with van der Waals surface area (Å²) >= 11 is 0. The first-order valence-electron chi connectivity index (χ1n) is 7.74. The van der Waals surface area contributed by atoms with Gasteiger partial charge >= 0.3 is 0 Å². The molecule has 0 aliphatic heterocycles. The van der Waals surface area contributed by atoms with E-state index in [0.717, 1.165) is 32.2 Å². The largest absolute Gasteiger partial charge is 0.339 e. The molecule has 2 saturated carbocycles. The van der Waals surface area contributed by atoms with Gasteiger partial charge in [-0.15, -0.1) is 0 Å². The van der Waals surface area contributed by atoms with Gasteiger partial charge in [0.2, 0.25) is 5.91 Å². The van der Waals surface area contributed by atoms with Crippen molar-refractivity contribution >= 4 is 5.91 Å². The van der Waals surface area contributed by atoms with Crippen LogP contribution in [-0.4, -0.2) is 29.9 Å². The number of nitrogens with zero attached hydrogens (tertiary/aromatic N) is 1. The standard InChI is InChI=1S/C15H28N2O/c1-2-15(9-3-4-10-15)14(18)17(12-6-11-16)13-7-5-8-13/h13H,2-12,16H2,1H3. The smallest absolute Gasteiger partial charge is 0.229 e. The van der Waals surface area contributed by atoms with Crippen molar-refractivity contribution in [3.05, 3.63) is 0 Å². The number of carbonyl (C=O) groups excluding carboxylic acids is 1. The van der Waals surface area contributed by atoms with E-state index >= 15 is 0 Å². The van der Waals surface area contributed by atoms with Crippen LogP contribution in [0.3, 0.4) is 0 Å². The second-order valence-electron chi connectivity index (χ2n) is 6.07. The zero-order valence-corrected chi connectivity index (χ0v) is 11.8. The second-order valence-corrected chi connectivity index (χ2v) is 6.07. The number of hydrogen-bond acceptors (Lipinski definition) is 2. The Morgan fingerprint density at radius 2 is 1.94 bits per heavy atom. The molecule has 0 atom stereocenters. The van der Waals surface area contributed by atoms with E-state index in [1.807, 2.05) is 0 Å². The second kappa shape index (κ2) is 6.05. The third-order valence-electron chi connectivity index (χ3n) is 5.07. The summed E-state index contributed by atoms with van der Waals surface area (Å²) in [6, 6.07) is 0.521. The summed E-state index contributed by atoms with van der Waals surface area (Å²) in [6.45, 7) is 3.75. The van der Waals surface area contributed by atoms with Crippen LogP contribution in [0.25, 0.3) is 0 Å². The topological polar surface area (TPSA) is 46.3 Å². The first-order chi connectivity index (χ1) is 8.73. The van der Waals surface area contributed by atoms with Gasteiger partial charge in [-0.3, -0.25) is 4.79 Å². The molecule has 0 radical (unpaired) electrons.